The third-order valence-corrected chi connectivity index (χ3v) is 5.32. The van der Waals surface area contributed by atoms with Crippen molar-refractivity contribution >= 4 is 11.6 Å². The van der Waals surface area contributed by atoms with E-state index in [0.29, 0.717) is 4.48 Å². The summed E-state index contributed by atoms with van der Waals surface area (Å²) >= 11 is 0. The van der Waals surface area contributed by atoms with Crippen molar-refractivity contribution in [2.75, 3.05) is 7.05 Å². The molecule has 5 nitrogen and oxygen atoms in total. The van der Waals surface area contributed by atoms with Crippen molar-refractivity contribution in [3.63, 3.8) is 0 Å². The first-order chi connectivity index (χ1) is 14.3. The summed E-state index contributed by atoms with van der Waals surface area (Å²) in [6, 6.07) is 24.3. The monoisotopic (exact) mass is 382 g/mol. The molecule has 0 fully saturated rings. The van der Waals surface area contributed by atoms with Gasteiger partial charge in [-0.2, -0.15) is 0 Å². The molecule has 4 aromatic heterocycles. The molecule has 0 N–H and O–H groups in total. The van der Waals surface area contributed by atoms with E-state index in [9.17, 15) is 0 Å². The van der Waals surface area contributed by atoms with Gasteiger partial charge < -0.3 is 0 Å². The smallest absolute Gasteiger partial charge is 0.233 e. The Morgan fingerprint density at radius 1 is 0.586 bits per heavy atom. The number of rotatable bonds is 7. The van der Waals surface area contributed by atoms with Crippen molar-refractivity contribution in [2.45, 2.75) is 18.9 Å². The van der Waals surface area contributed by atoms with Crippen molar-refractivity contribution in [3.8, 4) is 0 Å². The van der Waals surface area contributed by atoms with Crippen molar-refractivity contribution in [2.24, 2.45) is 0 Å². The summed E-state index contributed by atoms with van der Waals surface area (Å²) < 4.78 is 0.467. The van der Waals surface area contributed by atoms with Gasteiger partial charge in [0.15, 0.2) is 0 Å². The van der Waals surface area contributed by atoms with Gasteiger partial charge in [-0.05, 0) is 36.4 Å². The Bertz CT molecular complexity index is 927. The predicted octanol–water partition coefficient (Wildman–Crippen LogP) is 4.39. The standard InChI is InChI=1S/C24H24N5/c1-29(23-12-4-8-16-27-23,24-13-5-9-17-28-24)22(18-20-10-2-6-14-25-20)19-21-11-3-7-15-26-21/h2-17,22H,18-19H2,1H3/q+1. The number of hydrogen-bond donors (Lipinski definition) is 0. The van der Waals surface area contributed by atoms with Crippen LogP contribution < -0.4 is 4.48 Å². The molecule has 0 amide bonds. The fraction of sp³-hybridized carbons (Fsp3) is 0.167. The number of quaternary nitrogens is 1. The van der Waals surface area contributed by atoms with Crippen LogP contribution in [0.25, 0.3) is 0 Å². The Labute approximate surface area is 171 Å². The molecule has 4 rings (SSSR count). The lowest BCUT2D eigenvalue weighted by Crippen LogP contribution is -2.52. The molecule has 0 bridgehead atoms. The van der Waals surface area contributed by atoms with Gasteiger partial charge in [0.1, 0.15) is 6.04 Å². The fourth-order valence-corrected chi connectivity index (χ4v) is 3.71. The number of aromatic nitrogens is 4. The third kappa shape index (κ3) is 4.20. The maximum Gasteiger partial charge on any atom is 0.233 e. The van der Waals surface area contributed by atoms with E-state index >= 15 is 0 Å². The molecule has 0 saturated heterocycles. The number of nitrogens with zero attached hydrogens (tertiary/aromatic N) is 5. The summed E-state index contributed by atoms with van der Waals surface area (Å²) in [7, 11) is 2.18. The van der Waals surface area contributed by atoms with E-state index in [2.05, 4.69) is 41.3 Å². The van der Waals surface area contributed by atoms with Gasteiger partial charge in [-0.3, -0.25) is 9.97 Å². The summed E-state index contributed by atoms with van der Waals surface area (Å²) in [4.78, 5) is 18.6. The molecule has 4 aromatic rings. The van der Waals surface area contributed by atoms with Gasteiger partial charge in [0.25, 0.3) is 0 Å². The Morgan fingerprint density at radius 3 is 1.34 bits per heavy atom. The van der Waals surface area contributed by atoms with Gasteiger partial charge in [-0.1, -0.05) is 24.3 Å². The largest absolute Gasteiger partial charge is 0.261 e. The first kappa shape index (κ1) is 18.9. The molecule has 0 aliphatic rings. The average molecular weight is 382 g/mol. The van der Waals surface area contributed by atoms with Crippen LogP contribution in [0.2, 0.25) is 0 Å². The second-order valence-electron chi connectivity index (χ2n) is 7.16. The van der Waals surface area contributed by atoms with Crippen LogP contribution in [0.15, 0.2) is 97.6 Å². The lowest BCUT2D eigenvalue weighted by atomic mass is 10.00. The molecule has 29 heavy (non-hydrogen) atoms. The number of hydrogen-bond acceptors (Lipinski definition) is 4. The van der Waals surface area contributed by atoms with Gasteiger partial charge in [0, 0.05) is 61.1 Å². The van der Waals surface area contributed by atoms with E-state index < -0.39 is 0 Å². The summed E-state index contributed by atoms with van der Waals surface area (Å²) in [5, 5.41) is 0. The topological polar surface area (TPSA) is 51.6 Å². The Balaban J connectivity index is 1.83. The van der Waals surface area contributed by atoms with Crippen LogP contribution in [0.1, 0.15) is 11.4 Å². The minimum absolute atomic E-state index is 0.115. The Hall–Kier alpha value is -3.44. The van der Waals surface area contributed by atoms with Gasteiger partial charge in [-0.15, -0.1) is 0 Å². The summed E-state index contributed by atoms with van der Waals surface area (Å²) in [5.41, 5.74) is 2.09. The van der Waals surface area contributed by atoms with Crippen LogP contribution in [-0.4, -0.2) is 33.0 Å². The predicted molar refractivity (Wildman–Crippen MR) is 116 cm³/mol. The molecule has 0 unspecified atom stereocenters. The quantitative estimate of drug-likeness (QED) is 0.445. The van der Waals surface area contributed by atoms with Crippen LogP contribution in [0.5, 0.6) is 0 Å². The molecule has 144 valence electrons. The lowest BCUT2D eigenvalue weighted by molar-refractivity contribution is 0.313. The Kier molecular flexibility index (Phi) is 5.68. The molecular weight excluding hydrogens is 358 g/mol. The minimum Gasteiger partial charge on any atom is -0.261 e. The summed E-state index contributed by atoms with van der Waals surface area (Å²) in [6.45, 7) is 0. The second kappa shape index (κ2) is 8.71. The molecule has 0 atom stereocenters. The van der Waals surface area contributed by atoms with Crippen molar-refractivity contribution < 1.29 is 0 Å². The van der Waals surface area contributed by atoms with Gasteiger partial charge >= 0.3 is 0 Å². The highest BCUT2D eigenvalue weighted by Crippen LogP contribution is 2.34. The molecule has 0 aliphatic carbocycles. The number of pyridine rings is 4. The normalized spacial score (nSPS) is 11.5. The zero-order valence-corrected chi connectivity index (χ0v) is 16.5. The Morgan fingerprint density at radius 2 is 1.00 bits per heavy atom. The molecular formula is C24H24N5+. The summed E-state index contributed by atoms with van der Waals surface area (Å²) in [6.07, 6.45) is 8.93. The minimum atomic E-state index is 0.115. The highest BCUT2D eigenvalue weighted by Gasteiger charge is 2.40. The highest BCUT2D eigenvalue weighted by atomic mass is 15.4. The van der Waals surface area contributed by atoms with Crippen molar-refractivity contribution in [1.82, 2.24) is 24.4 Å². The van der Waals surface area contributed by atoms with E-state index in [1.807, 2.05) is 73.3 Å². The fourth-order valence-electron chi connectivity index (χ4n) is 3.71. The van der Waals surface area contributed by atoms with Gasteiger partial charge in [-0.25, -0.2) is 14.5 Å². The van der Waals surface area contributed by atoms with Gasteiger partial charge in [0.05, 0.1) is 7.05 Å². The maximum atomic E-state index is 4.72. The molecule has 5 heteroatoms. The van der Waals surface area contributed by atoms with Crippen LogP contribution >= 0.6 is 0 Å². The van der Waals surface area contributed by atoms with Crippen LogP contribution in [0.4, 0.5) is 11.6 Å². The maximum absolute atomic E-state index is 4.72. The van der Waals surface area contributed by atoms with E-state index in [1.165, 1.54) is 0 Å². The van der Waals surface area contributed by atoms with Gasteiger partial charge in [0.2, 0.25) is 11.6 Å². The highest BCUT2D eigenvalue weighted by molar-refractivity contribution is 5.51. The van der Waals surface area contributed by atoms with Crippen molar-refractivity contribution in [3.05, 3.63) is 109 Å². The van der Waals surface area contributed by atoms with Crippen LogP contribution in [0.3, 0.4) is 0 Å². The first-order valence-corrected chi connectivity index (χ1v) is 9.76. The molecule has 0 aliphatic heterocycles. The second-order valence-corrected chi connectivity index (χ2v) is 7.16. The van der Waals surface area contributed by atoms with Crippen LogP contribution in [0, 0.1) is 0 Å². The molecule has 0 spiro atoms. The third-order valence-electron chi connectivity index (χ3n) is 5.32. The zero-order chi connectivity index (χ0) is 19.9. The summed E-state index contributed by atoms with van der Waals surface area (Å²) in [5.74, 6) is 1.89. The van der Waals surface area contributed by atoms with Crippen LogP contribution in [-0.2, 0) is 12.8 Å². The molecule has 0 aromatic carbocycles. The SMILES string of the molecule is C[N+](c1ccccn1)(c1ccccn1)C(Cc1ccccn1)Cc1ccccn1. The average Bonchev–Trinajstić information content (AvgIpc) is 2.81. The van der Waals surface area contributed by atoms with E-state index in [0.717, 1.165) is 35.9 Å². The van der Waals surface area contributed by atoms with E-state index in [-0.39, 0.29) is 6.04 Å². The van der Waals surface area contributed by atoms with Crippen molar-refractivity contribution in [1.29, 1.82) is 0 Å². The lowest BCUT2D eigenvalue weighted by Gasteiger charge is -2.38. The molecule has 4 heterocycles. The number of likely N-dealkylation sites (N-methyl/N-ethyl adjacent to an activating group) is 1. The van der Waals surface area contributed by atoms with E-state index in [1.54, 1.807) is 0 Å². The first-order valence-electron chi connectivity index (χ1n) is 9.76. The zero-order valence-electron chi connectivity index (χ0n) is 16.5. The van der Waals surface area contributed by atoms with E-state index in [4.69, 9.17) is 9.97 Å². The molecule has 0 saturated carbocycles. The molecule has 0 radical (unpaired) electrons.